The van der Waals surface area contributed by atoms with E-state index in [1.165, 1.54) is 0 Å². The monoisotopic (exact) mass is 348 g/mol. The second kappa shape index (κ2) is 7.16. The number of rotatable bonds is 2. The number of benzene rings is 1. The molecule has 0 heterocycles. The van der Waals surface area contributed by atoms with E-state index in [-0.39, 0.29) is 6.04 Å². The SMILES string of the molecule is O=C(Nc1cc(C(F)(F)F)ccc1F)C(=O)NC1CCC(O)CC1. The summed E-state index contributed by atoms with van der Waals surface area (Å²) in [5.74, 6) is -3.39. The molecule has 1 aliphatic rings. The highest BCUT2D eigenvalue weighted by Crippen LogP contribution is 2.31. The minimum Gasteiger partial charge on any atom is -0.393 e. The molecule has 1 aromatic rings. The van der Waals surface area contributed by atoms with E-state index in [9.17, 15) is 32.3 Å². The highest BCUT2D eigenvalue weighted by Gasteiger charge is 2.31. The van der Waals surface area contributed by atoms with Gasteiger partial charge in [0.25, 0.3) is 0 Å². The molecule has 2 amide bonds. The van der Waals surface area contributed by atoms with Crippen LogP contribution >= 0.6 is 0 Å². The molecule has 0 aromatic heterocycles. The summed E-state index contributed by atoms with van der Waals surface area (Å²) in [6, 6.07) is 1.23. The average Bonchev–Trinajstić information content (AvgIpc) is 2.50. The van der Waals surface area contributed by atoms with Crippen molar-refractivity contribution in [2.24, 2.45) is 0 Å². The number of aliphatic hydroxyl groups is 1. The minimum absolute atomic E-state index is 0.307. The Hall–Kier alpha value is -2.16. The Balaban J connectivity index is 2.00. The summed E-state index contributed by atoms with van der Waals surface area (Å²) in [4.78, 5) is 23.5. The fourth-order valence-corrected chi connectivity index (χ4v) is 2.45. The zero-order valence-electron chi connectivity index (χ0n) is 12.5. The van der Waals surface area contributed by atoms with Gasteiger partial charge >= 0.3 is 18.0 Å². The third kappa shape index (κ3) is 4.67. The van der Waals surface area contributed by atoms with Crippen molar-refractivity contribution < 1.29 is 32.3 Å². The Morgan fingerprint density at radius 1 is 1.08 bits per heavy atom. The largest absolute Gasteiger partial charge is 0.416 e. The van der Waals surface area contributed by atoms with Crippen molar-refractivity contribution in [2.75, 3.05) is 5.32 Å². The van der Waals surface area contributed by atoms with E-state index >= 15 is 0 Å². The first-order valence-corrected chi connectivity index (χ1v) is 7.33. The summed E-state index contributed by atoms with van der Waals surface area (Å²) in [6.07, 6.45) is -3.20. The Kier molecular flexibility index (Phi) is 5.43. The summed E-state index contributed by atoms with van der Waals surface area (Å²) in [5, 5.41) is 13.6. The molecule has 2 rings (SSSR count). The number of carbonyl (C=O) groups is 2. The topological polar surface area (TPSA) is 78.4 Å². The summed E-state index contributed by atoms with van der Waals surface area (Å²) in [5.41, 5.74) is -1.86. The zero-order chi connectivity index (χ0) is 17.9. The Bertz CT molecular complexity index is 626. The highest BCUT2D eigenvalue weighted by atomic mass is 19.4. The van der Waals surface area contributed by atoms with Gasteiger partial charge in [-0.25, -0.2) is 4.39 Å². The molecule has 1 aromatic carbocycles. The summed E-state index contributed by atoms with van der Waals surface area (Å²) in [7, 11) is 0. The van der Waals surface area contributed by atoms with Crippen LogP contribution in [0.4, 0.5) is 23.2 Å². The molecule has 0 saturated heterocycles. The van der Waals surface area contributed by atoms with Crippen molar-refractivity contribution in [2.45, 2.75) is 44.0 Å². The molecule has 0 unspecified atom stereocenters. The highest BCUT2D eigenvalue weighted by molar-refractivity contribution is 6.39. The van der Waals surface area contributed by atoms with Gasteiger partial charge in [0.15, 0.2) is 0 Å². The number of hydrogen-bond donors (Lipinski definition) is 3. The van der Waals surface area contributed by atoms with Gasteiger partial charge < -0.3 is 15.7 Å². The van der Waals surface area contributed by atoms with Crippen LogP contribution in [0.1, 0.15) is 31.2 Å². The molecule has 0 spiro atoms. The normalized spacial score (nSPS) is 21.2. The lowest BCUT2D eigenvalue weighted by atomic mass is 9.93. The molecule has 0 aliphatic heterocycles. The predicted molar refractivity (Wildman–Crippen MR) is 76.4 cm³/mol. The molecule has 1 fully saturated rings. The maximum Gasteiger partial charge on any atom is 0.416 e. The van der Waals surface area contributed by atoms with Crippen LogP contribution in [0.3, 0.4) is 0 Å². The van der Waals surface area contributed by atoms with Crippen LogP contribution in [0.2, 0.25) is 0 Å². The van der Waals surface area contributed by atoms with Crippen LogP contribution in [0.15, 0.2) is 18.2 Å². The van der Waals surface area contributed by atoms with Crippen molar-refractivity contribution in [3.8, 4) is 0 Å². The van der Waals surface area contributed by atoms with Crippen LogP contribution in [0.5, 0.6) is 0 Å². The van der Waals surface area contributed by atoms with Crippen LogP contribution in [-0.4, -0.2) is 29.1 Å². The first-order valence-electron chi connectivity index (χ1n) is 7.33. The van der Waals surface area contributed by atoms with Crippen molar-refractivity contribution in [3.63, 3.8) is 0 Å². The molecule has 0 atom stereocenters. The molecule has 0 bridgehead atoms. The second-order valence-electron chi connectivity index (χ2n) is 5.63. The first kappa shape index (κ1) is 18.2. The zero-order valence-corrected chi connectivity index (χ0v) is 12.5. The van der Waals surface area contributed by atoms with E-state index in [1.54, 1.807) is 0 Å². The van der Waals surface area contributed by atoms with Crippen molar-refractivity contribution >= 4 is 17.5 Å². The maximum atomic E-state index is 13.5. The molecule has 24 heavy (non-hydrogen) atoms. The first-order chi connectivity index (χ1) is 11.2. The molecule has 9 heteroatoms. The van der Waals surface area contributed by atoms with Gasteiger partial charge in [0, 0.05) is 6.04 Å². The average molecular weight is 348 g/mol. The van der Waals surface area contributed by atoms with E-state index in [0.717, 1.165) is 0 Å². The van der Waals surface area contributed by atoms with E-state index in [2.05, 4.69) is 5.32 Å². The predicted octanol–water partition coefficient (Wildman–Crippen LogP) is 2.20. The molecule has 3 N–H and O–H groups in total. The van der Waals surface area contributed by atoms with Crippen LogP contribution in [0, 0.1) is 5.82 Å². The van der Waals surface area contributed by atoms with E-state index in [0.29, 0.717) is 43.9 Å². The molecular weight excluding hydrogens is 332 g/mol. The number of halogens is 4. The van der Waals surface area contributed by atoms with Gasteiger partial charge in [-0.2, -0.15) is 13.2 Å². The summed E-state index contributed by atoms with van der Waals surface area (Å²) >= 11 is 0. The lowest BCUT2D eigenvalue weighted by Gasteiger charge is -2.25. The molecule has 0 radical (unpaired) electrons. The number of hydrogen-bond acceptors (Lipinski definition) is 3. The Morgan fingerprint density at radius 3 is 2.29 bits per heavy atom. The van der Waals surface area contributed by atoms with E-state index in [1.807, 2.05) is 5.32 Å². The fourth-order valence-electron chi connectivity index (χ4n) is 2.45. The van der Waals surface area contributed by atoms with Gasteiger partial charge in [0.2, 0.25) is 0 Å². The van der Waals surface area contributed by atoms with Gasteiger partial charge in [0.1, 0.15) is 5.82 Å². The lowest BCUT2D eigenvalue weighted by Crippen LogP contribution is -2.44. The smallest absolute Gasteiger partial charge is 0.393 e. The quantitative estimate of drug-likeness (QED) is 0.566. The van der Waals surface area contributed by atoms with Crippen LogP contribution in [-0.2, 0) is 15.8 Å². The molecule has 132 valence electrons. The number of nitrogens with one attached hydrogen (secondary N) is 2. The summed E-state index contributed by atoms with van der Waals surface area (Å²) < 4.78 is 51.3. The van der Waals surface area contributed by atoms with Gasteiger partial charge in [-0.15, -0.1) is 0 Å². The standard InChI is InChI=1S/C15H16F4N2O3/c16-11-6-1-8(15(17,18)19)7-12(11)21-14(24)13(23)20-9-2-4-10(22)5-3-9/h1,6-7,9-10,22H,2-5H2,(H,20,23)(H,21,24). The molecular formula is C15H16F4N2O3. The van der Waals surface area contributed by atoms with Gasteiger partial charge in [-0.3, -0.25) is 9.59 Å². The van der Waals surface area contributed by atoms with Gasteiger partial charge in [-0.05, 0) is 43.9 Å². The molecule has 1 saturated carbocycles. The van der Waals surface area contributed by atoms with Crippen molar-refractivity contribution in [3.05, 3.63) is 29.6 Å². The van der Waals surface area contributed by atoms with Gasteiger partial charge in [0.05, 0.1) is 17.4 Å². The number of alkyl halides is 3. The van der Waals surface area contributed by atoms with Crippen molar-refractivity contribution in [1.82, 2.24) is 5.32 Å². The number of amides is 2. The van der Waals surface area contributed by atoms with Gasteiger partial charge in [-0.1, -0.05) is 0 Å². The third-order valence-electron chi connectivity index (χ3n) is 3.78. The fraction of sp³-hybridized carbons (Fsp3) is 0.467. The van der Waals surface area contributed by atoms with E-state index < -0.39 is 41.2 Å². The number of anilines is 1. The summed E-state index contributed by atoms with van der Waals surface area (Å²) in [6.45, 7) is 0. The van der Waals surface area contributed by atoms with Crippen LogP contribution in [0.25, 0.3) is 0 Å². The second-order valence-corrected chi connectivity index (χ2v) is 5.63. The van der Waals surface area contributed by atoms with Crippen molar-refractivity contribution in [1.29, 1.82) is 0 Å². The maximum absolute atomic E-state index is 13.5. The minimum atomic E-state index is -4.70. The van der Waals surface area contributed by atoms with E-state index in [4.69, 9.17) is 0 Å². The Morgan fingerprint density at radius 2 is 1.71 bits per heavy atom. The number of aliphatic hydroxyl groups excluding tert-OH is 1. The lowest BCUT2D eigenvalue weighted by molar-refractivity contribution is -0.137. The molecule has 1 aliphatic carbocycles. The van der Waals surface area contributed by atoms with Crippen LogP contribution < -0.4 is 10.6 Å². The third-order valence-corrected chi connectivity index (χ3v) is 3.78. The number of carbonyl (C=O) groups excluding carboxylic acids is 2. The molecule has 5 nitrogen and oxygen atoms in total. The Labute approximate surface area is 135 Å².